The molecule has 1 saturated carbocycles. The molecule has 22 heavy (non-hydrogen) atoms. The molecular weight excluding hydrogens is 284 g/mol. The molecule has 0 saturated heterocycles. The van der Waals surface area contributed by atoms with Crippen LogP contribution in [0.1, 0.15) is 48.8 Å². The summed E-state index contributed by atoms with van der Waals surface area (Å²) in [5, 5.41) is 0. The number of halogens is 2. The summed E-state index contributed by atoms with van der Waals surface area (Å²) in [7, 11) is 0. The molecule has 4 rings (SSSR count). The molecule has 5 heteroatoms. The van der Waals surface area contributed by atoms with Gasteiger partial charge in [-0.1, -0.05) is 0 Å². The summed E-state index contributed by atoms with van der Waals surface area (Å²) in [6, 6.07) is 4.16. The van der Waals surface area contributed by atoms with Crippen molar-refractivity contribution >= 4 is 0 Å². The molecule has 116 valence electrons. The standard InChI is InChI=1S/C17H19F2N3/c1-11(14-8-12(18)2-5-15(14)19)21-7-6-17-16(9-21)20-10-22(17)13-3-4-13/h2,5,8,10-11,13H,3-4,6-7,9H2,1H3/t11-/m0/s1. The summed E-state index contributed by atoms with van der Waals surface area (Å²) in [6.45, 7) is 3.48. The maximum absolute atomic E-state index is 14.0. The minimum Gasteiger partial charge on any atom is -0.331 e. The summed E-state index contributed by atoms with van der Waals surface area (Å²) in [4.78, 5) is 6.71. The fraction of sp³-hybridized carbons (Fsp3) is 0.471. The molecule has 1 fully saturated rings. The smallest absolute Gasteiger partial charge is 0.128 e. The maximum Gasteiger partial charge on any atom is 0.128 e. The van der Waals surface area contributed by atoms with Crippen molar-refractivity contribution in [1.82, 2.24) is 14.5 Å². The van der Waals surface area contributed by atoms with E-state index in [0.717, 1.165) is 24.7 Å². The molecule has 1 aromatic heterocycles. The van der Waals surface area contributed by atoms with Crippen LogP contribution in [0.2, 0.25) is 0 Å². The van der Waals surface area contributed by atoms with Gasteiger partial charge in [0, 0.05) is 42.9 Å². The predicted molar refractivity (Wildman–Crippen MR) is 79.4 cm³/mol. The molecule has 0 unspecified atom stereocenters. The first-order chi connectivity index (χ1) is 10.6. The number of hydrogen-bond donors (Lipinski definition) is 0. The minimum atomic E-state index is -0.390. The van der Waals surface area contributed by atoms with Gasteiger partial charge in [-0.3, -0.25) is 4.90 Å². The van der Waals surface area contributed by atoms with Gasteiger partial charge in [0.15, 0.2) is 0 Å². The molecule has 3 nitrogen and oxygen atoms in total. The highest BCUT2D eigenvalue weighted by Crippen LogP contribution is 2.38. The van der Waals surface area contributed by atoms with Crippen LogP contribution in [0.15, 0.2) is 24.5 Å². The van der Waals surface area contributed by atoms with E-state index in [2.05, 4.69) is 14.5 Å². The Balaban J connectivity index is 1.57. The Morgan fingerprint density at radius 1 is 1.27 bits per heavy atom. The molecular formula is C17H19F2N3. The highest BCUT2D eigenvalue weighted by Gasteiger charge is 2.31. The zero-order chi connectivity index (χ0) is 15.3. The molecule has 2 aliphatic rings. The van der Waals surface area contributed by atoms with Gasteiger partial charge in [-0.2, -0.15) is 0 Å². The van der Waals surface area contributed by atoms with E-state index in [1.807, 2.05) is 13.3 Å². The molecule has 1 aliphatic heterocycles. The second kappa shape index (κ2) is 5.16. The van der Waals surface area contributed by atoms with E-state index in [0.29, 0.717) is 18.2 Å². The number of aromatic nitrogens is 2. The Morgan fingerprint density at radius 3 is 2.86 bits per heavy atom. The van der Waals surface area contributed by atoms with E-state index in [4.69, 9.17) is 0 Å². The Morgan fingerprint density at radius 2 is 2.09 bits per heavy atom. The molecule has 0 radical (unpaired) electrons. The van der Waals surface area contributed by atoms with Crippen molar-refractivity contribution in [2.45, 2.75) is 44.8 Å². The van der Waals surface area contributed by atoms with Crippen molar-refractivity contribution in [3.63, 3.8) is 0 Å². The van der Waals surface area contributed by atoms with Crippen LogP contribution < -0.4 is 0 Å². The van der Waals surface area contributed by atoms with E-state index in [1.165, 1.54) is 30.7 Å². The summed E-state index contributed by atoms with van der Waals surface area (Å²) < 4.78 is 29.7. The van der Waals surface area contributed by atoms with Gasteiger partial charge in [-0.15, -0.1) is 0 Å². The third-order valence-corrected chi connectivity index (χ3v) is 4.87. The first kappa shape index (κ1) is 13.9. The number of benzene rings is 1. The molecule has 1 atom stereocenters. The van der Waals surface area contributed by atoms with Gasteiger partial charge in [-0.25, -0.2) is 13.8 Å². The average Bonchev–Trinajstić information content (AvgIpc) is 3.28. The van der Waals surface area contributed by atoms with E-state index in [-0.39, 0.29) is 17.7 Å². The van der Waals surface area contributed by atoms with Crippen molar-refractivity contribution in [1.29, 1.82) is 0 Å². The molecule has 0 bridgehead atoms. The lowest BCUT2D eigenvalue weighted by Gasteiger charge is -2.32. The van der Waals surface area contributed by atoms with Gasteiger partial charge in [0.05, 0.1) is 12.0 Å². The lowest BCUT2D eigenvalue weighted by Crippen LogP contribution is -2.34. The Hall–Kier alpha value is -1.75. The monoisotopic (exact) mass is 303 g/mol. The fourth-order valence-corrected chi connectivity index (χ4v) is 3.38. The zero-order valence-electron chi connectivity index (χ0n) is 12.6. The summed E-state index contributed by atoms with van der Waals surface area (Å²) >= 11 is 0. The third kappa shape index (κ3) is 2.33. The zero-order valence-corrected chi connectivity index (χ0v) is 12.6. The SMILES string of the molecule is C[C@@H](c1cc(F)ccc1F)N1CCc2c(ncn2C2CC2)C1. The highest BCUT2D eigenvalue weighted by atomic mass is 19.1. The van der Waals surface area contributed by atoms with Crippen LogP contribution in [0.25, 0.3) is 0 Å². The molecule has 1 aromatic carbocycles. The van der Waals surface area contributed by atoms with Gasteiger partial charge in [0.2, 0.25) is 0 Å². The molecule has 2 heterocycles. The van der Waals surface area contributed by atoms with Crippen LogP contribution in [0, 0.1) is 11.6 Å². The van der Waals surface area contributed by atoms with Crippen LogP contribution >= 0.6 is 0 Å². The van der Waals surface area contributed by atoms with Crippen molar-refractivity contribution in [2.24, 2.45) is 0 Å². The molecule has 0 spiro atoms. The predicted octanol–water partition coefficient (Wildman–Crippen LogP) is 3.62. The second-order valence-electron chi connectivity index (χ2n) is 6.34. The van der Waals surface area contributed by atoms with Crippen LogP contribution in [0.4, 0.5) is 8.78 Å². The second-order valence-corrected chi connectivity index (χ2v) is 6.34. The van der Waals surface area contributed by atoms with E-state index in [1.54, 1.807) is 0 Å². The van der Waals surface area contributed by atoms with Crippen LogP contribution in [-0.2, 0) is 13.0 Å². The van der Waals surface area contributed by atoms with Gasteiger partial charge in [0.25, 0.3) is 0 Å². The van der Waals surface area contributed by atoms with Crippen LogP contribution in [0.3, 0.4) is 0 Å². The minimum absolute atomic E-state index is 0.157. The van der Waals surface area contributed by atoms with Crippen molar-refractivity contribution in [3.8, 4) is 0 Å². The van der Waals surface area contributed by atoms with Crippen LogP contribution in [-0.4, -0.2) is 21.0 Å². The first-order valence-electron chi connectivity index (χ1n) is 7.87. The van der Waals surface area contributed by atoms with Crippen molar-refractivity contribution in [2.75, 3.05) is 6.54 Å². The first-order valence-corrected chi connectivity index (χ1v) is 7.87. The molecule has 0 N–H and O–H groups in total. The van der Waals surface area contributed by atoms with Crippen molar-refractivity contribution in [3.05, 3.63) is 53.1 Å². The lowest BCUT2D eigenvalue weighted by atomic mass is 10.0. The largest absolute Gasteiger partial charge is 0.331 e. The number of rotatable bonds is 3. The maximum atomic E-state index is 14.0. The molecule has 0 amide bonds. The number of fused-ring (bicyclic) bond motifs is 1. The number of imidazole rings is 1. The fourth-order valence-electron chi connectivity index (χ4n) is 3.38. The van der Waals surface area contributed by atoms with Crippen molar-refractivity contribution < 1.29 is 8.78 Å². The van der Waals surface area contributed by atoms with Crippen LogP contribution in [0.5, 0.6) is 0 Å². The third-order valence-electron chi connectivity index (χ3n) is 4.87. The quantitative estimate of drug-likeness (QED) is 0.863. The van der Waals surface area contributed by atoms with Gasteiger partial charge < -0.3 is 4.57 Å². The lowest BCUT2D eigenvalue weighted by molar-refractivity contribution is 0.184. The van der Waals surface area contributed by atoms with Gasteiger partial charge in [0.1, 0.15) is 11.6 Å². The Kier molecular flexibility index (Phi) is 3.26. The molecule has 1 aliphatic carbocycles. The summed E-state index contributed by atoms with van der Waals surface area (Å²) in [5.41, 5.74) is 2.83. The van der Waals surface area contributed by atoms with E-state index in [9.17, 15) is 8.78 Å². The number of nitrogens with zero attached hydrogens (tertiary/aromatic N) is 3. The highest BCUT2D eigenvalue weighted by molar-refractivity contribution is 5.24. The Bertz CT molecular complexity index is 706. The van der Waals surface area contributed by atoms with Gasteiger partial charge >= 0.3 is 0 Å². The average molecular weight is 303 g/mol. The van der Waals surface area contributed by atoms with E-state index >= 15 is 0 Å². The van der Waals surface area contributed by atoms with E-state index < -0.39 is 0 Å². The topological polar surface area (TPSA) is 21.1 Å². The van der Waals surface area contributed by atoms with Gasteiger partial charge in [-0.05, 0) is 38.0 Å². The summed E-state index contributed by atoms with van der Waals surface area (Å²) in [5.74, 6) is -0.734. The normalized spacial score (nSPS) is 20.0. The number of hydrogen-bond acceptors (Lipinski definition) is 2. The summed E-state index contributed by atoms with van der Waals surface area (Å²) in [6.07, 6.45) is 5.36. The Labute approximate surface area is 128 Å². The molecule has 2 aromatic rings.